The zero-order valence-electron chi connectivity index (χ0n) is 16.3. The molecule has 3 heterocycles. The number of amides is 1. The number of carbonyl (C=O) groups excluding carboxylic acids is 1. The number of hydrogen-bond donors (Lipinski definition) is 1. The van der Waals surface area contributed by atoms with Crippen LogP contribution >= 0.6 is 0 Å². The standard InChI is InChI=1S/C21H27N5O/c1-14-6-15(2)8-18(7-14)23-21-22-9-17-11-26(12-19(17)24-21)20-4-5-25(13-27)10-16(20)3/h6-9,13,16,20H,4-5,10-12H2,1-3H3,(H,22,23,24)/t16-,20?/m1/s1. The Labute approximate surface area is 160 Å². The van der Waals surface area contributed by atoms with Crippen LogP contribution in [0.25, 0.3) is 0 Å². The van der Waals surface area contributed by atoms with Crippen molar-refractivity contribution in [3.8, 4) is 0 Å². The molecule has 2 atom stereocenters. The molecule has 1 aromatic carbocycles. The van der Waals surface area contributed by atoms with Gasteiger partial charge in [-0.25, -0.2) is 9.97 Å². The number of carbonyl (C=O) groups is 1. The molecule has 27 heavy (non-hydrogen) atoms. The highest BCUT2D eigenvalue weighted by molar-refractivity contribution is 5.56. The van der Waals surface area contributed by atoms with Crippen LogP contribution in [0.15, 0.2) is 24.4 Å². The lowest BCUT2D eigenvalue weighted by molar-refractivity contribution is -0.120. The molecular weight excluding hydrogens is 338 g/mol. The zero-order chi connectivity index (χ0) is 19.0. The van der Waals surface area contributed by atoms with Gasteiger partial charge in [0.25, 0.3) is 0 Å². The van der Waals surface area contributed by atoms with E-state index in [2.05, 4.69) is 54.2 Å². The largest absolute Gasteiger partial charge is 0.345 e. The maximum Gasteiger partial charge on any atom is 0.227 e. The average molecular weight is 365 g/mol. The first kappa shape index (κ1) is 17.9. The number of aryl methyl sites for hydroxylation is 2. The molecule has 0 radical (unpaired) electrons. The first-order chi connectivity index (χ1) is 13.0. The topological polar surface area (TPSA) is 61.4 Å². The molecule has 1 saturated heterocycles. The van der Waals surface area contributed by atoms with Crippen molar-refractivity contribution >= 4 is 18.0 Å². The maximum atomic E-state index is 11.0. The Morgan fingerprint density at radius 1 is 1.19 bits per heavy atom. The van der Waals surface area contributed by atoms with E-state index in [1.165, 1.54) is 16.7 Å². The van der Waals surface area contributed by atoms with Crippen molar-refractivity contribution in [2.45, 2.75) is 46.3 Å². The van der Waals surface area contributed by atoms with Gasteiger partial charge < -0.3 is 10.2 Å². The Morgan fingerprint density at radius 3 is 2.67 bits per heavy atom. The number of hydrogen-bond acceptors (Lipinski definition) is 5. The van der Waals surface area contributed by atoms with Gasteiger partial charge in [0.05, 0.1) is 5.69 Å². The summed E-state index contributed by atoms with van der Waals surface area (Å²) in [7, 11) is 0. The van der Waals surface area contributed by atoms with Crippen LogP contribution in [0.3, 0.4) is 0 Å². The predicted octanol–water partition coefficient (Wildman–Crippen LogP) is 3.02. The highest BCUT2D eigenvalue weighted by atomic mass is 16.1. The fourth-order valence-electron chi connectivity index (χ4n) is 4.45. The number of nitrogens with zero attached hydrogens (tertiary/aromatic N) is 4. The average Bonchev–Trinajstić information content (AvgIpc) is 3.03. The second-order valence-corrected chi connectivity index (χ2v) is 8.01. The molecule has 6 heteroatoms. The summed E-state index contributed by atoms with van der Waals surface area (Å²) in [5.41, 5.74) is 5.80. The van der Waals surface area contributed by atoms with Crippen molar-refractivity contribution in [1.29, 1.82) is 0 Å². The molecule has 2 aliphatic heterocycles. The van der Waals surface area contributed by atoms with E-state index in [0.717, 1.165) is 50.4 Å². The highest BCUT2D eigenvalue weighted by Crippen LogP contribution is 2.30. The fraction of sp³-hybridized carbons (Fsp3) is 0.476. The first-order valence-corrected chi connectivity index (χ1v) is 9.65. The molecule has 0 aliphatic carbocycles. The highest BCUT2D eigenvalue weighted by Gasteiger charge is 2.34. The lowest BCUT2D eigenvalue weighted by atomic mass is 9.93. The van der Waals surface area contributed by atoms with Crippen LogP contribution < -0.4 is 5.32 Å². The number of nitrogens with one attached hydrogen (secondary N) is 1. The monoisotopic (exact) mass is 365 g/mol. The molecule has 0 spiro atoms. The Morgan fingerprint density at radius 2 is 1.96 bits per heavy atom. The van der Waals surface area contributed by atoms with E-state index in [1.807, 2.05) is 11.1 Å². The summed E-state index contributed by atoms with van der Waals surface area (Å²) in [5.74, 6) is 1.13. The third-order valence-electron chi connectivity index (χ3n) is 5.67. The lowest BCUT2D eigenvalue weighted by Crippen LogP contribution is -2.48. The van der Waals surface area contributed by atoms with E-state index in [0.29, 0.717) is 17.9 Å². The Balaban J connectivity index is 1.46. The molecule has 1 N–H and O–H groups in total. The smallest absolute Gasteiger partial charge is 0.227 e. The van der Waals surface area contributed by atoms with Crippen LogP contribution in [0.1, 0.15) is 35.7 Å². The third-order valence-corrected chi connectivity index (χ3v) is 5.67. The van der Waals surface area contributed by atoms with Gasteiger partial charge in [-0.05, 0) is 49.4 Å². The SMILES string of the molecule is Cc1cc(C)cc(Nc2ncc3c(n2)CN(C2CCN(C=O)C[C@H]2C)C3)c1. The molecule has 2 aliphatic rings. The quantitative estimate of drug-likeness (QED) is 0.844. The van der Waals surface area contributed by atoms with Crippen LogP contribution in [0.2, 0.25) is 0 Å². The molecule has 1 fully saturated rings. The van der Waals surface area contributed by atoms with Gasteiger partial charge in [0.2, 0.25) is 12.4 Å². The molecule has 142 valence electrons. The van der Waals surface area contributed by atoms with Gasteiger partial charge in [-0.15, -0.1) is 0 Å². The minimum atomic E-state index is 0.471. The van der Waals surface area contributed by atoms with Gasteiger partial charge >= 0.3 is 0 Å². The molecule has 1 unspecified atom stereocenters. The van der Waals surface area contributed by atoms with Crippen molar-refractivity contribution in [2.75, 3.05) is 18.4 Å². The normalized spacial score (nSPS) is 22.6. The van der Waals surface area contributed by atoms with E-state index in [-0.39, 0.29) is 0 Å². The Hall–Kier alpha value is -2.47. The molecular formula is C21H27N5O. The minimum Gasteiger partial charge on any atom is -0.345 e. The van der Waals surface area contributed by atoms with Crippen LogP contribution in [-0.4, -0.2) is 45.3 Å². The second kappa shape index (κ2) is 7.27. The number of likely N-dealkylation sites (tertiary alicyclic amines) is 1. The zero-order valence-corrected chi connectivity index (χ0v) is 16.3. The molecule has 0 saturated carbocycles. The van der Waals surface area contributed by atoms with Crippen molar-refractivity contribution in [1.82, 2.24) is 19.8 Å². The van der Waals surface area contributed by atoms with Gasteiger partial charge in [0.15, 0.2) is 0 Å². The van der Waals surface area contributed by atoms with E-state index in [1.54, 1.807) is 0 Å². The van der Waals surface area contributed by atoms with Crippen molar-refractivity contribution < 1.29 is 4.79 Å². The maximum absolute atomic E-state index is 11.0. The third kappa shape index (κ3) is 3.81. The number of benzene rings is 1. The van der Waals surface area contributed by atoms with Gasteiger partial charge in [0.1, 0.15) is 0 Å². The summed E-state index contributed by atoms with van der Waals surface area (Å²) in [4.78, 5) is 24.7. The Kier molecular flexibility index (Phi) is 4.83. The number of rotatable bonds is 4. The molecule has 2 aromatic rings. The van der Waals surface area contributed by atoms with Crippen molar-refractivity contribution in [2.24, 2.45) is 5.92 Å². The number of anilines is 2. The summed E-state index contributed by atoms with van der Waals surface area (Å²) in [6.07, 6.45) is 3.95. The summed E-state index contributed by atoms with van der Waals surface area (Å²) in [6, 6.07) is 6.87. The van der Waals surface area contributed by atoms with Gasteiger partial charge in [0, 0.05) is 49.7 Å². The summed E-state index contributed by atoms with van der Waals surface area (Å²) < 4.78 is 0. The Bertz CT molecular complexity index is 832. The number of aromatic nitrogens is 2. The molecule has 1 aromatic heterocycles. The lowest BCUT2D eigenvalue weighted by Gasteiger charge is -2.39. The number of piperidine rings is 1. The second-order valence-electron chi connectivity index (χ2n) is 8.01. The van der Waals surface area contributed by atoms with Gasteiger partial charge in [-0.3, -0.25) is 9.69 Å². The molecule has 0 bridgehead atoms. The van der Waals surface area contributed by atoms with Gasteiger partial charge in [-0.2, -0.15) is 0 Å². The fourth-order valence-corrected chi connectivity index (χ4v) is 4.45. The van der Waals surface area contributed by atoms with E-state index >= 15 is 0 Å². The van der Waals surface area contributed by atoms with Gasteiger partial charge in [-0.1, -0.05) is 13.0 Å². The van der Waals surface area contributed by atoms with Crippen LogP contribution in [0.5, 0.6) is 0 Å². The van der Waals surface area contributed by atoms with Crippen molar-refractivity contribution in [3.63, 3.8) is 0 Å². The van der Waals surface area contributed by atoms with Crippen LogP contribution in [-0.2, 0) is 17.9 Å². The summed E-state index contributed by atoms with van der Waals surface area (Å²) in [5, 5.41) is 3.35. The molecule has 4 rings (SSSR count). The minimum absolute atomic E-state index is 0.471. The van der Waals surface area contributed by atoms with Crippen LogP contribution in [0, 0.1) is 19.8 Å². The van der Waals surface area contributed by atoms with E-state index < -0.39 is 0 Å². The number of fused-ring (bicyclic) bond motifs is 1. The first-order valence-electron chi connectivity index (χ1n) is 9.65. The summed E-state index contributed by atoms with van der Waals surface area (Å²) in [6.45, 7) is 9.86. The van der Waals surface area contributed by atoms with E-state index in [4.69, 9.17) is 4.98 Å². The predicted molar refractivity (Wildman–Crippen MR) is 106 cm³/mol. The molecule has 1 amide bonds. The molecule has 6 nitrogen and oxygen atoms in total. The van der Waals surface area contributed by atoms with Crippen molar-refractivity contribution in [3.05, 3.63) is 46.8 Å². The summed E-state index contributed by atoms with van der Waals surface area (Å²) >= 11 is 0. The van der Waals surface area contributed by atoms with Crippen LogP contribution in [0.4, 0.5) is 11.6 Å². The van der Waals surface area contributed by atoms with E-state index in [9.17, 15) is 4.79 Å².